The van der Waals surface area contributed by atoms with E-state index in [4.69, 9.17) is 5.73 Å². The SMILES string of the molecule is CCn1cc(C(=O)NNC(N)=O)c(=O)c2ccc(C)nc21. The second kappa shape index (κ2) is 5.61. The van der Waals surface area contributed by atoms with Crippen LogP contribution in [0.15, 0.2) is 23.1 Å². The molecule has 8 heteroatoms. The molecule has 0 unspecified atom stereocenters. The van der Waals surface area contributed by atoms with Crippen molar-refractivity contribution in [2.45, 2.75) is 20.4 Å². The number of nitrogens with two attached hydrogens (primary N) is 1. The van der Waals surface area contributed by atoms with E-state index in [0.29, 0.717) is 17.6 Å². The van der Waals surface area contributed by atoms with Gasteiger partial charge in [-0.1, -0.05) is 0 Å². The van der Waals surface area contributed by atoms with Crippen LogP contribution in [0.1, 0.15) is 23.0 Å². The van der Waals surface area contributed by atoms with Gasteiger partial charge in [0.2, 0.25) is 5.43 Å². The van der Waals surface area contributed by atoms with E-state index < -0.39 is 17.4 Å². The summed E-state index contributed by atoms with van der Waals surface area (Å²) < 4.78 is 1.70. The molecule has 0 aliphatic heterocycles. The first-order valence-electron chi connectivity index (χ1n) is 6.30. The molecule has 110 valence electrons. The number of aromatic nitrogens is 2. The molecular weight excluding hydrogens is 274 g/mol. The number of pyridine rings is 2. The normalized spacial score (nSPS) is 10.4. The van der Waals surface area contributed by atoms with Gasteiger partial charge in [-0.3, -0.25) is 15.0 Å². The second-order valence-electron chi connectivity index (χ2n) is 4.43. The van der Waals surface area contributed by atoms with Crippen molar-refractivity contribution in [2.24, 2.45) is 5.73 Å². The average Bonchev–Trinajstić information content (AvgIpc) is 2.45. The fraction of sp³-hybridized carbons (Fsp3) is 0.231. The molecule has 2 aromatic rings. The third-order valence-electron chi connectivity index (χ3n) is 2.95. The van der Waals surface area contributed by atoms with E-state index in [1.807, 2.05) is 19.3 Å². The highest BCUT2D eigenvalue weighted by Crippen LogP contribution is 2.10. The number of hydrogen-bond donors (Lipinski definition) is 3. The number of urea groups is 1. The van der Waals surface area contributed by atoms with Crippen molar-refractivity contribution in [1.29, 1.82) is 0 Å². The van der Waals surface area contributed by atoms with Gasteiger partial charge in [-0.25, -0.2) is 15.2 Å². The average molecular weight is 289 g/mol. The number of nitrogens with one attached hydrogen (secondary N) is 2. The topological polar surface area (TPSA) is 119 Å². The fourth-order valence-electron chi connectivity index (χ4n) is 1.95. The van der Waals surface area contributed by atoms with Crippen molar-refractivity contribution < 1.29 is 9.59 Å². The zero-order chi connectivity index (χ0) is 15.6. The van der Waals surface area contributed by atoms with Gasteiger partial charge in [0.25, 0.3) is 5.91 Å². The Kier molecular flexibility index (Phi) is 3.88. The standard InChI is InChI=1S/C13H15N5O3/c1-3-18-6-9(12(20)16-17-13(14)21)10(19)8-5-4-7(2)15-11(8)18/h4-6H,3H2,1-2H3,(H,16,20)(H3,14,17,21). The minimum atomic E-state index is -0.919. The van der Waals surface area contributed by atoms with Gasteiger partial charge in [-0.15, -0.1) is 0 Å². The van der Waals surface area contributed by atoms with Gasteiger partial charge in [0.15, 0.2) is 0 Å². The van der Waals surface area contributed by atoms with Crippen LogP contribution in [-0.4, -0.2) is 21.5 Å². The Labute approximate surface area is 119 Å². The highest BCUT2D eigenvalue weighted by Gasteiger charge is 2.16. The molecular formula is C13H15N5O3. The lowest BCUT2D eigenvalue weighted by atomic mass is 10.1. The maximum atomic E-state index is 12.3. The van der Waals surface area contributed by atoms with Crippen molar-refractivity contribution in [3.05, 3.63) is 39.8 Å². The van der Waals surface area contributed by atoms with Crippen LogP contribution >= 0.6 is 0 Å². The summed E-state index contributed by atoms with van der Waals surface area (Å²) in [4.78, 5) is 39.2. The molecule has 0 radical (unpaired) electrons. The van der Waals surface area contributed by atoms with E-state index in [2.05, 4.69) is 10.4 Å². The predicted molar refractivity (Wildman–Crippen MR) is 76.6 cm³/mol. The van der Waals surface area contributed by atoms with Gasteiger partial charge in [0.1, 0.15) is 11.2 Å². The van der Waals surface area contributed by atoms with Crippen LogP contribution in [-0.2, 0) is 6.54 Å². The van der Waals surface area contributed by atoms with E-state index in [1.54, 1.807) is 16.7 Å². The van der Waals surface area contributed by atoms with Gasteiger partial charge in [-0.2, -0.15) is 0 Å². The van der Waals surface area contributed by atoms with E-state index in [0.717, 1.165) is 5.69 Å². The summed E-state index contributed by atoms with van der Waals surface area (Å²) in [6.07, 6.45) is 1.41. The van der Waals surface area contributed by atoms with E-state index in [9.17, 15) is 14.4 Å². The Balaban J connectivity index is 2.58. The molecule has 21 heavy (non-hydrogen) atoms. The number of rotatable bonds is 2. The van der Waals surface area contributed by atoms with Crippen LogP contribution < -0.4 is 22.0 Å². The molecule has 2 rings (SSSR count). The quantitative estimate of drug-likeness (QED) is 0.676. The Hall–Kier alpha value is -2.90. The molecule has 0 saturated heterocycles. The Morgan fingerprint density at radius 1 is 1.33 bits per heavy atom. The maximum absolute atomic E-state index is 12.3. The smallest absolute Gasteiger partial charge is 0.330 e. The molecule has 8 nitrogen and oxygen atoms in total. The maximum Gasteiger partial charge on any atom is 0.330 e. The van der Waals surface area contributed by atoms with Crippen LogP contribution in [0.3, 0.4) is 0 Å². The number of aryl methyl sites for hydroxylation is 2. The molecule has 4 N–H and O–H groups in total. The molecule has 3 amide bonds. The van der Waals surface area contributed by atoms with Crippen LogP contribution in [0.2, 0.25) is 0 Å². The summed E-state index contributed by atoms with van der Waals surface area (Å²) in [5, 5.41) is 0.342. The molecule has 2 heterocycles. The molecule has 0 aliphatic carbocycles. The number of hydrogen-bond acceptors (Lipinski definition) is 4. The number of fused-ring (bicyclic) bond motifs is 1. The summed E-state index contributed by atoms with van der Waals surface area (Å²) in [6, 6.07) is 2.41. The van der Waals surface area contributed by atoms with Crippen molar-refractivity contribution in [1.82, 2.24) is 20.4 Å². The van der Waals surface area contributed by atoms with Gasteiger partial charge in [-0.05, 0) is 26.0 Å². The first-order chi connectivity index (χ1) is 9.93. The third kappa shape index (κ3) is 2.83. The minimum absolute atomic E-state index is 0.0937. The Bertz CT molecular complexity index is 781. The van der Waals surface area contributed by atoms with Gasteiger partial charge in [0.05, 0.1) is 5.39 Å². The predicted octanol–water partition coefficient (Wildman–Crippen LogP) is 0.0379. The van der Waals surface area contributed by atoms with Gasteiger partial charge >= 0.3 is 6.03 Å². The minimum Gasteiger partial charge on any atom is -0.350 e. The van der Waals surface area contributed by atoms with E-state index in [1.165, 1.54) is 6.20 Å². The Morgan fingerprint density at radius 2 is 2.05 bits per heavy atom. The summed E-state index contributed by atoms with van der Waals surface area (Å²) in [6.45, 7) is 4.23. The van der Waals surface area contributed by atoms with Gasteiger partial charge in [0, 0.05) is 18.4 Å². The molecule has 2 aromatic heterocycles. The molecule has 0 aromatic carbocycles. The summed E-state index contributed by atoms with van der Waals surface area (Å²) in [5.41, 5.74) is 9.62. The van der Waals surface area contributed by atoms with Crippen molar-refractivity contribution in [3.8, 4) is 0 Å². The van der Waals surface area contributed by atoms with Crippen molar-refractivity contribution in [2.75, 3.05) is 0 Å². The van der Waals surface area contributed by atoms with Crippen molar-refractivity contribution >= 4 is 23.0 Å². The zero-order valence-electron chi connectivity index (χ0n) is 11.6. The molecule has 0 saturated carbocycles. The lowest BCUT2D eigenvalue weighted by molar-refractivity contribution is 0.0935. The largest absolute Gasteiger partial charge is 0.350 e. The number of amides is 3. The fourth-order valence-corrected chi connectivity index (χ4v) is 1.95. The monoisotopic (exact) mass is 289 g/mol. The van der Waals surface area contributed by atoms with Crippen LogP contribution in [0.25, 0.3) is 11.0 Å². The number of hydrazine groups is 1. The summed E-state index contributed by atoms with van der Waals surface area (Å²) in [7, 11) is 0. The van der Waals surface area contributed by atoms with Gasteiger partial charge < -0.3 is 10.3 Å². The molecule has 0 fully saturated rings. The zero-order valence-corrected chi connectivity index (χ0v) is 11.6. The molecule has 0 atom stereocenters. The molecule has 0 bridgehead atoms. The number of carbonyl (C=O) groups is 2. The van der Waals surface area contributed by atoms with E-state index in [-0.39, 0.29) is 5.56 Å². The molecule has 0 aliphatic rings. The van der Waals surface area contributed by atoms with E-state index >= 15 is 0 Å². The second-order valence-corrected chi connectivity index (χ2v) is 4.43. The number of carbonyl (C=O) groups excluding carboxylic acids is 2. The van der Waals surface area contributed by atoms with Crippen molar-refractivity contribution in [3.63, 3.8) is 0 Å². The van der Waals surface area contributed by atoms with Crippen LogP contribution in [0, 0.1) is 6.92 Å². The lowest BCUT2D eigenvalue weighted by Crippen LogP contribution is -2.45. The highest BCUT2D eigenvalue weighted by molar-refractivity contribution is 5.97. The summed E-state index contributed by atoms with van der Waals surface area (Å²) >= 11 is 0. The molecule has 0 spiro atoms. The third-order valence-corrected chi connectivity index (χ3v) is 2.95. The summed E-state index contributed by atoms with van der Waals surface area (Å²) in [5.74, 6) is -0.733. The van der Waals surface area contributed by atoms with Crippen LogP contribution in [0.5, 0.6) is 0 Å². The first-order valence-corrected chi connectivity index (χ1v) is 6.30. The lowest BCUT2D eigenvalue weighted by Gasteiger charge is -2.11. The Morgan fingerprint density at radius 3 is 2.67 bits per heavy atom. The first kappa shape index (κ1) is 14.5. The highest BCUT2D eigenvalue weighted by atomic mass is 16.2. The number of primary amides is 1. The number of nitrogens with zero attached hydrogens (tertiary/aromatic N) is 2. The van der Waals surface area contributed by atoms with Crippen LogP contribution in [0.4, 0.5) is 4.79 Å².